The summed E-state index contributed by atoms with van der Waals surface area (Å²) in [5.41, 5.74) is 0.627. The number of nitrogens with one attached hydrogen (secondary N) is 1. The van der Waals surface area contributed by atoms with E-state index >= 15 is 0 Å². The van der Waals surface area contributed by atoms with E-state index < -0.39 is 0 Å². The fourth-order valence-electron chi connectivity index (χ4n) is 3.25. The van der Waals surface area contributed by atoms with E-state index in [1.54, 1.807) is 0 Å². The minimum Gasteiger partial charge on any atom is -0.502 e. The first-order valence-corrected chi connectivity index (χ1v) is 7.95. The van der Waals surface area contributed by atoms with Crippen LogP contribution in [0.4, 0.5) is 0 Å². The maximum Gasteiger partial charge on any atom is 0.200 e. The molecule has 0 unspecified atom stereocenters. The first-order chi connectivity index (χ1) is 10.9. The smallest absolute Gasteiger partial charge is 0.200 e. The van der Waals surface area contributed by atoms with Gasteiger partial charge in [-0.15, -0.1) is 12.4 Å². The summed E-state index contributed by atoms with van der Waals surface area (Å²) in [5.74, 6) is 0.765. The summed E-state index contributed by atoms with van der Waals surface area (Å²) < 4.78 is 10.6. The predicted octanol–water partition coefficient (Wildman–Crippen LogP) is 1.80. The second-order valence-corrected chi connectivity index (χ2v) is 6.61. The Morgan fingerprint density at radius 1 is 1.17 bits per heavy atom. The van der Waals surface area contributed by atoms with Crippen LogP contribution in [0.5, 0.6) is 17.2 Å². The van der Waals surface area contributed by atoms with Gasteiger partial charge >= 0.3 is 0 Å². The molecule has 138 valence electrons. The van der Waals surface area contributed by atoms with Crippen molar-refractivity contribution in [1.82, 2.24) is 10.2 Å². The monoisotopic (exact) mass is 360 g/mol. The SMILES string of the molecule is COc1cc([C@H](N2CCNCC2)C(C)(C)CO)cc(OC)c1O.Cl. The van der Waals surface area contributed by atoms with Crippen molar-refractivity contribution < 1.29 is 19.7 Å². The summed E-state index contributed by atoms with van der Waals surface area (Å²) in [7, 11) is 3.05. The van der Waals surface area contributed by atoms with Gasteiger partial charge in [-0.2, -0.15) is 0 Å². The highest BCUT2D eigenvalue weighted by Crippen LogP contribution is 2.44. The number of ether oxygens (including phenoxy) is 2. The number of halogens is 1. The number of aromatic hydroxyl groups is 1. The highest BCUT2D eigenvalue weighted by Gasteiger charge is 2.36. The van der Waals surface area contributed by atoms with Crippen molar-refractivity contribution in [2.75, 3.05) is 47.0 Å². The number of aliphatic hydroxyl groups is 1. The average molecular weight is 361 g/mol. The molecule has 7 heteroatoms. The van der Waals surface area contributed by atoms with E-state index in [0.717, 1.165) is 31.7 Å². The van der Waals surface area contributed by atoms with Crippen LogP contribution in [-0.2, 0) is 0 Å². The molecule has 3 N–H and O–H groups in total. The molecular weight excluding hydrogens is 332 g/mol. The second-order valence-electron chi connectivity index (χ2n) is 6.61. The third kappa shape index (κ3) is 4.25. The molecule has 1 aromatic rings. The maximum atomic E-state index is 10.1. The Labute approximate surface area is 150 Å². The highest BCUT2D eigenvalue weighted by molar-refractivity contribution is 5.85. The van der Waals surface area contributed by atoms with Crippen LogP contribution >= 0.6 is 12.4 Å². The van der Waals surface area contributed by atoms with E-state index in [-0.39, 0.29) is 36.2 Å². The van der Waals surface area contributed by atoms with E-state index in [4.69, 9.17) is 9.47 Å². The van der Waals surface area contributed by atoms with E-state index in [1.807, 2.05) is 26.0 Å². The summed E-state index contributed by atoms with van der Waals surface area (Å²) in [6.07, 6.45) is 0. The normalized spacial score (nSPS) is 17.0. The van der Waals surface area contributed by atoms with Crippen LogP contribution in [0.25, 0.3) is 0 Å². The number of rotatable bonds is 6. The number of hydrogen-bond acceptors (Lipinski definition) is 6. The summed E-state index contributed by atoms with van der Waals surface area (Å²) >= 11 is 0. The number of nitrogens with zero attached hydrogens (tertiary/aromatic N) is 1. The van der Waals surface area contributed by atoms with Crippen LogP contribution in [0.15, 0.2) is 12.1 Å². The molecule has 0 radical (unpaired) electrons. The van der Waals surface area contributed by atoms with Gasteiger partial charge in [0.1, 0.15) is 0 Å². The fourth-order valence-corrected chi connectivity index (χ4v) is 3.25. The topological polar surface area (TPSA) is 74.2 Å². The van der Waals surface area contributed by atoms with Crippen molar-refractivity contribution in [1.29, 1.82) is 0 Å². The Balaban J connectivity index is 0.00000288. The van der Waals surface area contributed by atoms with Gasteiger partial charge in [0.25, 0.3) is 0 Å². The molecule has 0 spiro atoms. The standard InChI is InChI=1S/C17H28N2O4.ClH/c1-17(2,11-20)16(19-7-5-18-6-8-19)12-9-13(22-3)15(21)14(10-12)23-4;/h9-10,16,18,20-21H,5-8,11H2,1-4H3;1H/t16-;/m0./s1. The Bertz CT molecular complexity index is 508. The Morgan fingerprint density at radius 3 is 2.08 bits per heavy atom. The van der Waals surface area contributed by atoms with E-state index in [0.29, 0.717) is 11.5 Å². The molecule has 24 heavy (non-hydrogen) atoms. The van der Waals surface area contributed by atoms with Gasteiger partial charge in [-0.3, -0.25) is 4.90 Å². The molecule has 1 fully saturated rings. The zero-order valence-electron chi connectivity index (χ0n) is 14.8. The third-order valence-electron chi connectivity index (χ3n) is 4.48. The lowest BCUT2D eigenvalue weighted by Crippen LogP contribution is -2.49. The van der Waals surface area contributed by atoms with Crippen molar-refractivity contribution in [2.45, 2.75) is 19.9 Å². The Hall–Kier alpha value is -1.21. The van der Waals surface area contributed by atoms with Gasteiger partial charge < -0.3 is 25.0 Å². The lowest BCUT2D eigenvalue weighted by Gasteiger charge is -2.43. The summed E-state index contributed by atoms with van der Waals surface area (Å²) in [6, 6.07) is 3.67. The van der Waals surface area contributed by atoms with Crippen LogP contribution in [0, 0.1) is 5.41 Å². The van der Waals surface area contributed by atoms with Crippen molar-refractivity contribution in [3.63, 3.8) is 0 Å². The molecule has 1 aromatic carbocycles. The van der Waals surface area contributed by atoms with Crippen molar-refractivity contribution >= 4 is 12.4 Å². The Kier molecular flexibility index (Phi) is 7.60. The van der Waals surface area contributed by atoms with Gasteiger partial charge in [0.2, 0.25) is 5.75 Å². The first kappa shape index (κ1) is 20.8. The minimum atomic E-state index is -0.343. The number of methoxy groups -OCH3 is 2. The van der Waals surface area contributed by atoms with Crippen molar-refractivity contribution in [3.8, 4) is 17.2 Å². The van der Waals surface area contributed by atoms with Crippen LogP contribution in [0.1, 0.15) is 25.5 Å². The molecule has 0 bridgehead atoms. The first-order valence-electron chi connectivity index (χ1n) is 7.95. The number of benzene rings is 1. The molecule has 1 aliphatic rings. The van der Waals surface area contributed by atoms with E-state index in [2.05, 4.69) is 10.2 Å². The van der Waals surface area contributed by atoms with Crippen LogP contribution < -0.4 is 14.8 Å². The molecule has 6 nitrogen and oxygen atoms in total. The molecule has 1 heterocycles. The molecule has 0 amide bonds. The molecule has 0 aliphatic carbocycles. The van der Waals surface area contributed by atoms with Crippen LogP contribution in [-0.4, -0.2) is 62.1 Å². The zero-order chi connectivity index (χ0) is 17.0. The lowest BCUT2D eigenvalue weighted by molar-refractivity contribution is 0.0303. The Morgan fingerprint density at radius 2 is 1.67 bits per heavy atom. The quantitative estimate of drug-likeness (QED) is 0.718. The number of hydrogen-bond donors (Lipinski definition) is 3. The fraction of sp³-hybridized carbons (Fsp3) is 0.647. The summed E-state index contributed by atoms with van der Waals surface area (Å²) in [4.78, 5) is 2.36. The lowest BCUT2D eigenvalue weighted by atomic mass is 9.79. The van der Waals surface area contributed by atoms with Crippen molar-refractivity contribution in [2.24, 2.45) is 5.41 Å². The number of phenolic OH excluding ortho intramolecular Hbond substituents is 1. The van der Waals surface area contributed by atoms with Gasteiger partial charge in [-0.25, -0.2) is 0 Å². The largest absolute Gasteiger partial charge is 0.502 e. The highest BCUT2D eigenvalue weighted by atomic mass is 35.5. The molecule has 0 saturated carbocycles. The molecular formula is C17H29ClN2O4. The van der Waals surface area contributed by atoms with Gasteiger partial charge in [-0.05, 0) is 17.7 Å². The van der Waals surface area contributed by atoms with Crippen LogP contribution in [0.3, 0.4) is 0 Å². The molecule has 1 saturated heterocycles. The average Bonchev–Trinajstić information content (AvgIpc) is 2.57. The van der Waals surface area contributed by atoms with Crippen molar-refractivity contribution in [3.05, 3.63) is 17.7 Å². The van der Waals surface area contributed by atoms with Gasteiger partial charge in [-0.1, -0.05) is 13.8 Å². The minimum absolute atomic E-state index is 0. The predicted molar refractivity (Wildman–Crippen MR) is 96.5 cm³/mol. The molecule has 1 atom stereocenters. The van der Waals surface area contributed by atoms with E-state index in [1.165, 1.54) is 14.2 Å². The van der Waals surface area contributed by atoms with Gasteiger partial charge in [0.05, 0.1) is 14.2 Å². The third-order valence-corrected chi connectivity index (χ3v) is 4.48. The molecule has 1 aliphatic heterocycles. The summed E-state index contributed by atoms with van der Waals surface area (Å²) in [6.45, 7) is 7.80. The summed E-state index contributed by atoms with van der Waals surface area (Å²) in [5, 5.41) is 23.4. The van der Waals surface area contributed by atoms with Crippen LogP contribution in [0.2, 0.25) is 0 Å². The molecule has 0 aromatic heterocycles. The number of piperazine rings is 1. The number of aliphatic hydroxyl groups excluding tert-OH is 1. The van der Waals surface area contributed by atoms with Gasteiger partial charge in [0.15, 0.2) is 11.5 Å². The van der Waals surface area contributed by atoms with Gasteiger partial charge in [0, 0.05) is 44.2 Å². The van der Waals surface area contributed by atoms with E-state index in [9.17, 15) is 10.2 Å². The molecule has 2 rings (SSSR count). The number of phenols is 1. The zero-order valence-corrected chi connectivity index (χ0v) is 15.7. The second kappa shape index (κ2) is 8.76. The maximum absolute atomic E-state index is 10.1.